The predicted octanol–water partition coefficient (Wildman–Crippen LogP) is 1.86. The largest absolute Gasteiger partial charge is 0.475 e. The zero-order valence-corrected chi connectivity index (χ0v) is 16.0. The fraction of sp³-hybridized carbons (Fsp3) is 0.692. The van der Waals surface area contributed by atoms with E-state index in [0.717, 1.165) is 4.57 Å². The van der Waals surface area contributed by atoms with Gasteiger partial charge in [0.1, 0.15) is 12.2 Å². The number of fused-ring (bicyclic) bond motifs is 1. The average molecular weight is 415 g/mol. The van der Waals surface area contributed by atoms with Crippen molar-refractivity contribution >= 4 is 31.0 Å². The monoisotopic (exact) mass is 414 g/mol. The number of ether oxygens (including phenoxy) is 1. The van der Waals surface area contributed by atoms with E-state index in [1.165, 1.54) is 13.1 Å². The molecule has 0 saturated carbocycles. The highest BCUT2D eigenvalue weighted by molar-refractivity contribution is 7.48. The second-order valence-electron chi connectivity index (χ2n) is 6.10. The fourth-order valence-electron chi connectivity index (χ4n) is 2.64. The minimum absolute atomic E-state index is 0.135. The van der Waals surface area contributed by atoms with E-state index in [-0.39, 0.29) is 12.2 Å². The molecule has 0 spiro atoms. The molecule has 2 saturated heterocycles. The Bertz CT molecular complexity index is 836. The first-order valence-electron chi connectivity index (χ1n) is 7.50. The summed E-state index contributed by atoms with van der Waals surface area (Å²) in [5.41, 5.74) is -0.999. The third-order valence-electron chi connectivity index (χ3n) is 3.73. The van der Waals surface area contributed by atoms with Crippen molar-refractivity contribution in [1.82, 2.24) is 9.55 Å². The third kappa shape index (κ3) is 3.47. The highest BCUT2D eigenvalue weighted by Gasteiger charge is 2.62. The third-order valence-corrected chi connectivity index (χ3v) is 6.16. The normalized spacial score (nSPS) is 34.2. The van der Waals surface area contributed by atoms with Gasteiger partial charge in [0.25, 0.3) is 5.56 Å². The van der Waals surface area contributed by atoms with Crippen LogP contribution in [0.1, 0.15) is 25.6 Å². The van der Waals surface area contributed by atoms with Crippen LogP contribution in [0.3, 0.4) is 0 Å². The van der Waals surface area contributed by atoms with Gasteiger partial charge in [-0.05, 0) is 20.8 Å². The number of nitrogens with zero attached hydrogens (tertiary/aromatic N) is 1. The molecule has 3 rings (SSSR count). The first-order chi connectivity index (χ1) is 11.5. The SMILES string of the molecule is Cc1cn([C@@H]2O[C@@H]3COP(=O)(OC(C)C)O[C@H]3C2(Cl)Cl)c(=O)[nH]c1=O. The molecule has 2 aliphatic heterocycles. The molecular weight excluding hydrogens is 398 g/mol. The number of rotatable bonds is 3. The van der Waals surface area contributed by atoms with Crippen LogP contribution in [0.2, 0.25) is 0 Å². The molecule has 1 aromatic rings. The molecule has 1 N–H and O–H groups in total. The Morgan fingerprint density at radius 3 is 2.76 bits per heavy atom. The van der Waals surface area contributed by atoms with Crippen molar-refractivity contribution in [3.63, 3.8) is 0 Å². The van der Waals surface area contributed by atoms with E-state index in [2.05, 4.69) is 4.98 Å². The second-order valence-corrected chi connectivity index (χ2v) is 9.12. The zero-order valence-electron chi connectivity index (χ0n) is 13.6. The molecule has 4 atom stereocenters. The lowest BCUT2D eigenvalue weighted by atomic mass is 10.1. The summed E-state index contributed by atoms with van der Waals surface area (Å²) in [5.74, 6) is 0. The quantitative estimate of drug-likeness (QED) is 0.593. The van der Waals surface area contributed by atoms with Crippen LogP contribution in [0.5, 0.6) is 0 Å². The van der Waals surface area contributed by atoms with Gasteiger partial charge in [0.05, 0.1) is 12.7 Å². The topological polar surface area (TPSA) is 109 Å². The summed E-state index contributed by atoms with van der Waals surface area (Å²) >= 11 is 12.8. The molecule has 1 unspecified atom stereocenters. The Balaban J connectivity index is 1.94. The highest BCUT2D eigenvalue weighted by Crippen LogP contribution is 2.61. The van der Waals surface area contributed by atoms with Crippen molar-refractivity contribution in [2.75, 3.05) is 6.61 Å². The lowest BCUT2D eigenvalue weighted by Gasteiger charge is -2.33. The maximum absolute atomic E-state index is 12.5. The van der Waals surface area contributed by atoms with Gasteiger partial charge in [0.15, 0.2) is 10.6 Å². The first-order valence-corrected chi connectivity index (χ1v) is 9.72. The lowest BCUT2D eigenvalue weighted by molar-refractivity contribution is -0.0749. The molecule has 0 aromatic carbocycles. The van der Waals surface area contributed by atoms with Crippen LogP contribution in [0, 0.1) is 6.92 Å². The molecule has 0 radical (unpaired) electrons. The van der Waals surface area contributed by atoms with E-state index in [1.807, 2.05) is 0 Å². The van der Waals surface area contributed by atoms with Gasteiger partial charge in [-0.2, -0.15) is 0 Å². The molecule has 140 valence electrons. The van der Waals surface area contributed by atoms with Crippen LogP contribution in [-0.4, -0.2) is 38.8 Å². The van der Waals surface area contributed by atoms with Crippen LogP contribution in [0.15, 0.2) is 15.8 Å². The van der Waals surface area contributed by atoms with E-state index in [9.17, 15) is 14.2 Å². The van der Waals surface area contributed by atoms with Gasteiger partial charge in [-0.15, -0.1) is 0 Å². The molecule has 0 aliphatic carbocycles. The van der Waals surface area contributed by atoms with Gasteiger partial charge >= 0.3 is 13.5 Å². The first kappa shape index (κ1) is 19.1. The van der Waals surface area contributed by atoms with Gasteiger partial charge in [0, 0.05) is 11.8 Å². The molecule has 1 aromatic heterocycles. The Kier molecular flexibility index (Phi) is 4.96. The smallest absolute Gasteiger partial charge is 0.346 e. The van der Waals surface area contributed by atoms with Crippen LogP contribution in [0.4, 0.5) is 0 Å². The molecule has 2 aliphatic rings. The molecule has 3 heterocycles. The summed E-state index contributed by atoms with van der Waals surface area (Å²) < 4.78 is 33.3. The molecule has 0 bridgehead atoms. The van der Waals surface area contributed by atoms with Crippen molar-refractivity contribution in [3.8, 4) is 0 Å². The average Bonchev–Trinajstić information content (AvgIpc) is 2.73. The number of nitrogens with one attached hydrogen (secondary N) is 1. The maximum Gasteiger partial charge on any atom is 0.475 e. The van der Waals surface area contributed by atoms with E-state index in [1.54, 1.807) is 13.8 Å². The predicted molar refractivity (Wildman–Crippen MR) is 89.1 cm³/mol. The van der Waals surface area contributed by atoms with Gasteiger partial charge in [0.2, 0.25) is 0 Å². The summed E-state index contributed by atoms with van der Waals surface area (Å²) in [7, 11) is -3.86. The maximum atomic E-state index is 12.5. The van der Waals surface area contributed by atoms with Crippen molar-refractivity contribution < 1.29 is 22.9 Å². The molecule has 25 heavy (non-hydrogen) atoms. The van der Waals surface area contributed by atoms with Gasteiger partial charge in [-0.3, -0.25) is 27.9 Å². The summed E-state index contributed by atoms with van der Waals surface area (Å²) in [6.07, 6.45) is -2.13. The minimum atomic E-state index is -3.86. The van der Waals surface area contributed by atoms with Crippen molar-refractivity contribution in [2.24, 2.45) is 0 Å². The van der Waals surface area contributed by atoms with E-state index in [4.69, 9.17) is 41.5 Å². The summed E-state index contributed by atoms with van der Waals surface area (Å²) in [6.45, 7) is 4.72. The summed E-state index contributed by atoms with van der Waals surface area (Å²) in [5, 5.41) is 0. The van der Waals surface area contributed by atoms with Gasteiger partial charge in [-0.25, -0.2) is 9.36 Å². The number of aromatic nitrogens is 2. The standard InChI is InChI=1S/C13H17Cl2N2O7P/c1-6(2)23-25(20)21-5-8-9(24-25)13(14,15)11(22-8)17-4-7(3)10(18)16-12(17)19/h4,6,8-9,11H,5H2,1-3H3,(H,16,18,19)/t8-,9-,11-,25?/m1/s1. The number of phosphoric ester groups is 1. The van der Waals surface area contributed by atoms with Crippen LogP contribution in [-0.2, 0) is 22.9 Å². The number of aromatic amines is 1. The van der Waals surface area contributed by atoms with E-state index in [0.29, 0.717) is 0 Å². The molecule has 9 nitrogen and oxygen atoms in total. The Morgan fingerprint density at radius 1 is 1.44 bits per heavy atom. The highest BCUT2D eigenvalue weighted by atomic mass is 35.5. The molecule has 12 heteroatoms. The number of phosphoric acid groups is 1. The number of hydrogen-bond donors (Lipinski definition) is 1. The van der Waals surface area contributed by atoms with Crippen LogP contribution in [0.25, 0.3) is 0 Å². The summed E-state index contributed by atoms with van der Waals surface area (Å²) in [6, 6.07) is 0. The van der Waals surface area contributed by atoms with E-state index < -0.39 is 47.9 Å². The van der Waals surface area contributed by atoms with Crippen molar-refractivity contribution in [2.45, 2.75) is 49.6 Å². The number of aryl methyl sites for hydroxylation is 1. The number of halogens is 2. The Hall–Kier alpha value is -0.670. The minimum Gasteiger partial charge on any atom is -0.346 e. The van der Waals surface area contributed by atoms with Gasteiger partial charge in [-0.1, -0.05) is 23.2 Å². The van der Waals surface area contributed by atoms with Crippen molar-refractivity contribution in [3.05, 3.63) is 32.6 Å². The Labute approximate surface area is 152 Å². The zero-order chi connectivity index (χ0) is 18.6. The van der Waals surface area contributed by atoms with E-state index >= 15 is 0 Å². The van der Waals surface area contributed by atoms with Crippen LogP contribution < -0.4 is 11.2 Å². The molecule has 2 fully saturated rings. The summed E-state index contributed by atoms with van der Waals surface area (Å²) in [4.78, 5) is 25.8. The molecule has 0 amide bonds. The lowest BCUT2D eigenvalue weighted by Crippen LogP contribution is -2.44. The van der Waals surface area contributed by atoms with Crippen molar-refractivity contribution in [1.29, 1.82) is 0 Å². The van der Waals surface area contributed by atoms with Crippen LogP contribution >= 0.6 is 31.0 Å². The Morgan fingerprint density at radius 2 is 2.12 bits per heavy atom. The second kappa shape index (κ2) is 6.49. The molecular formula is C13H17Cl2N2O7P. The number of hydrogen-bond acceptors (Lipinski definition) is 7. The fourth-order valence-corrected chi connectivity index (χ4v) is 5.04. The van der Waals surface area contributed by atoms with Gasteiger partial charge < -0.3 is 4.74 Å². The number of alkyl halides is 2. The number of H-pyrrole nitrogens is 1.